The van der Waals surface area contributed by atoms with E-state index in [1.807, 2.05) is 12.1 Å². The van der Waals surface area contributed by atoms with Crippen LogP contribution < -0.4 is 0 Å². The number of hydrogen-bond donors (Lipinski definition) is 0. The highest BCUT2D eigenvalue weighted by Gasteiger charge is 2.21. The molecule has 2 nitrogen and oxygen atoms in total. The Hall–Kier alpha value is -0.0100. The van der Waals surface area contributed by atoms with Gasteiger partial charge in [-0.25, -0.2) is 0 Å². The Labute approximate surface area is 170 Å². The minimum Gasteiger partial charge on any atom is -0.358 e. The van der Waals surface area contributed by atoms with Gasteiger partial charge in [-0.3, -0.25) is 0 Å². The van der Waals surface area contributed by atoms with Crippen molar-refractivity contribution in [3.8, 4) is 0 Å². The largest absolute Gasteiger partial charge is 0.358 e. The second kappa shape index (κ2) is 11.6. The average Bonchev–Trinajstić information content (AvgIpc) is 2.57. The van der Waals surface area contributed by atoms with Crippen molar-refractivity contribution in [3.05, 3.63) is 34.9 Å². The van der Waals surface area contributed by atoms with Crippen molar-refractivity contribution < 1.29 is 0 Å². The van der Waals surface area contributed by atoms with E-state index in [1.165, 1.54) is 5.56 Å². The van der Waals surface area contributed by atoms with Crippen molar-refractivity contribution in [1.82, 2.24) is 9.80 Å². The third-order valence-electron chi connectivity index (χ3n) is 3.60. The Kier molecular flexibility index (Phi) is 10.6. The number of hydrogen-bond acceptors (Lipinski definition) is 4. The van der Waals surface area contributed by atoms with Gasteiger partial charge in [0.05, 0.1) is 4.58 Å². The van der Waals surface area contributed by atoms with Gasteiger partial charge in [-0.15, -0.1) is 0 Å². The van der Waals surface area contributed by atoms with Crippen molar-refractivity contribution in [2.24, 2.45) is 0 Å². The molecule has 0 atom stereocenters. The summed E-state index contributed by atoms with van der Waals surface area (Å²) in [6.45, 7) is 12.2. The Morgan fingerprint density at radius 3 is 1.58 bits per heavy atom. The fourth-order valence-electron chi connectivity index (χ4n) is 2.08. The Bertz CT molecular complexity index is 502. The zero-order valence-electron chi connectivity index (χ0n) is 14.6. The smallest absolute Gasteiger partial charge is 0.137 e. The Morgan fingerprint density at radius 1 is 0.875 bits per heavy atom. The molecule has 0 spiro atoms. The molecule has 0 aliphatic rings. The van der Waals surface area contributed by atoms with Gasteiger partial charge in [-0.2, -0.15) is 0 Å². The van der Waals surface area contributed by atoms with Crippen molar-refractivity contribution in [2.75, 3.05) is 26.2 Å². The Morgan fingerprint density at radius 2 is 1.25 bits per heavy atom. The van der Waals surface area contributed by atoms with Crippen molar-refractivity contribution in [2.45, 2.75) is 32.3 Å². The molecule has 1 aromatic carbocycles. The van der Waals surface area contributed by atoms with Crippen LogP contribution in [0.1, 0.15) is 37.8 Å². The lowest BCUT2D eigenvalue weighted by atomic mass is 10.2. The van der Waals surface area contributed by atoms with E-state index < -0.39 is 0 Å². The maximum Gasteiger partial charge on any atom is 0.137 e. The van der Waals surface area contributed by atoms with Crippen LogP contribution in [-0.2, 0) is 0 Å². The van der Waals surface area contributed by atoms with E-state index in [1.54, 1.807) is 23.5 Å². The summed E-state index contributed by atoms with van der Waals surface area (Å²) in [5.41, 5.74) is 1.18. The highest BCUT2D eigenvalue weighted by Crippen LogP contribution is 2.42. The van der Waals surface area contributed by atoms with Crippen LogP contribution in [0.15, 0.2) is 24.3 Å². The molecule has 0 fully saturated rings. The normalized spacial score (nSPS) is 10.8. The standard InChI is InChI=1S/C17H25ClN2S4/c1-5-19(6-2)16(21)23-15(13-9-11-14(18)12-10-13)24-17(22)20(7-3)8-4/h9-12,15H,5-8H2,1-4H3. The molecule has 0 unspecified atom stereocenters. The number of rotatable bonds is 7. The zero-order chi connectivity index (χ0) is 18.1. The van der Waals surface area contributed by atoms with E-state index >= 15 is 0 Å². The molecule has 1 aromatic rings. The molecule has 7 heteroatoms. The van der Waals surface area contributed by atoms with Gasteiger partial charge in [0.1, 0.15) is 8.64 Å². The third-order valence-corrected chi connectivity index (χ3v) is 7.42. The molecule has 0 radical (unpaired) electrons. The van der Waals surface area contributed by atoms with Gasteiger partial charge in [-0.05, 0) is 45.4 Å². The zero-order valence-corrected chi connectivity index (χ0v) is 18.6. The van der Waals surface area contributed by atoms with Gasteiger partial charge < -0.3 is 9.80 Å². The van der Waals surface area contributed by atoms with Gasteiger partial charge in [0.2, 0.25) is 0 Å². The summed E-state index contributed by atoms with van der Waals surface area (Å²) in [7, 11) is 0. The van der Waals surface area contributed by atoms with E-state index in [9.17, 15) is 0 Å². The fraction of sp³-hybridized carbons (Fsp3) is 0.529. The summed E-state index contributed by atoms with van der Waals surface area (Å²) in [4.78, 5) is 4.40. The number of thioether (sulfide) groups is 2. The Balaban J connectivity index is 2.96. The molecule has 0 aromatic heterocycles. The molecular weight excluding hydrogens is 396 g/mol. The first kappa shape index (κ1) is 22.0. The number of halogens is 1. The predicted octanol–water partition coefficient (Wildman–Crippen LogP) is 6.06. The second-order valence-electron chi connectivity index (χ2n) is 5.00. The van der Waals surface area contributed by atoms with Crippen molar-refractivity contribution >= 4 is 68.2 Å². The van der Waals surface area contributed by atoms with Crippen molar-refractivity contribution in [1.29, 1.82) is 0 Å². The maximum atomic E-state index is 6.04. The molecule has 0 N–H and O–H groups in total. The van der Waals surface area contributed by atoms with Gasteiger partial charge in [0.15, 0.2) is 0 Å². The third kappa shape index (κ3) is 6.71. The first-order valence-corrected chi connectivity index (χ1v) is 11.1. The molecule has 0 heterocycles. The molecule has 1 rings (SSSR count). The second-order valence-corrected chi connectivity index (χ2v) is 9.21. The molecule has 0 aliphatic carbocycles. The summed E-state index contributed by atoms with van der Waals surface area (Å²) in [6, 6.07) is 7.96. The summed E-state index contributed by atoms with van der Waals surface area (Å²) >= 11 is 20.7. The maximum absolute atomic E-state index is 6.04. The summed E-state index contributed by atoms with van der Waals surface area (Å²) in [5, 5.41) is 0.741. The van der Waals surface area contributed by atoms with E-state index in [-0.39, 0.29) is 4.58 Å². The van der Waals surface area contributed by atoms with Gasteiger partial charge in [0, 0.05) is 31.2 Å². The first-order chi connectivity index (χ1) is 11.5. The molecule has 24 heavy (non-hydrogen) atoms. The monoisotopic (exact) mass is 420 g/mol. The van der Waals surface area contributed by atoms with Gasteiger partial charge in [-0.1, -0.05) is 71.7 Å². The van der Waals surface area contributed by atoms with Gasteiger partial charge in [0.25, 0.3) is 0 Å². The number of nitrogens with zero attached hydrogens (tertiary/aromatic N) is 2. The predicted molar refractivity (Wildman–Crippen MR) is 120 cm³/mol. The van der Waals surface area contributed by atoms with Crippen LogP contribution in [0.4, 0.5) is 0 Å². The number of benzene rings is 1. The number of thiocarbonyl (C=S) groups is 2. The average molecular weight is 421 g/mol. The van der Waals surface area contributed by atoms with Crippen LogP contribution in [-0.4, -0.2) is 44.6 Å². The summed E-state index contributed by atoms with van der Waals surface area (Å²) in [6.07, 6.45) is 0. The quantitative estimate of drug-likeness (QED) is 0.388. The van der Waals surface area contributed by atoms with Crippen LogP contribution >= 0.6 is 59.6 Å². The van der Waals surface area contributed by atoms with Crippen molar-refractivity contribution in [3.63, 3.8) is 0 Å². The topological polar surface area (TPSA) is 6.48 Å². The molecule has 0 amide bonds. The van der Waals surface area contributed by atoms with Crippen LogP contribution in [0.3, 0.4) is 0 Å². The molecule has 0 aliphatic heterocycles. The molecule has 0 saturated carbocycles. The lowest BCUT2D eigenvalue weighted by Crippen LogP contribution is -2.29. The minimum atomic E-state index is 0.128. The van der Waals surface area contributed by atoms with E-state index in [4.69, 9.17) is 36.0 Å². The lowest BCUT2D eigenvalue weighted by Gasteiger charge is -2.27. The minimum absolute atomic E-state index is 0.128. The molecular formula is C17H25ClN2S4. The van der Waals surface area contributed by atoms with Crippen LogP contribution in [0.5, 0.6) is 0 Å². The van der Waals surface area contributed by atoms with E-state index in [2.05, 4.69) is 49.6 Å². The molecule has 134 valence electrons. The lowest BCUT2D eigenvalue weighted by molar-refractivity contribution is 0.482. The first-order valence-electron chi connectivity index (χ1n) is 8.13. The van der Waals surface area contributed by atoms with E-state index in [0.29, 0.717) is 0 Å². The summed E-state index contributed by atoms with van der Waals surface area (Å²) < 4.78 is 1.95. The SMILES string of the molecule is CCN(CC)C(=S)SC(SC(=S)N(CC)CC)c1ccc(Cl)cc1. The fourth-order valence-corrected chi connectivity index (χ4v) is 6.17. The van der Waals surface area contributed by atoms with Gasteiger partial charge >= 0.3 is 0 Å². The van der Waals surface area contributed by atoms with Crippen LogP contribution in [0.25, 0.3) is 0 Å². The molecule has 0 bridgehead atoms. The summed E-state index contributed by atoms with van der Waals surface area (Å²) in [5.74, 6) is 0. The van der Waals surface area contributed by atoms with E-state index in [0.717, 1.165) is 39.8 Å². The highest BCUT2D eigenvalue weighted by molar-refractivity contribution is 8.35. The molecule has 0 saturated heterocycles. The van der Waals surface area contributed by atoms with Crippen LogP contribution in [0.2, 0.25) is 5.02 Å². The van der Waals surface area contributed by atoms with Crippen LogP contribution in [0, 0.1) is 0 Å². The highest BCUT2D eigenvalue weighted by atomic mass is 35.5.